The Bertz CT molecular complexity index is 597. The lowest BCUT2D eigenvalue weighted by molar-refractivity contribution is -0.147. The topological polar surface area (TPSA) is 57.6 Å². The highest BCUT2D eigenvalue weighted by atomic mass is 79.9. The molecule has 2 rings (SSSR count). The molecule has 0 aromatic heterocycles. The van der Waals surface area contributed by atoms with Gasteiger partial charge in [0.05, 0.1) is 0 Å². The first-order valence-corrected chi connectivity index (χ1v) is 7.67. The number of aliphatic carboxylic acids is 1. The SMILES string of the molecule is Cc1ccc(/C=C/C(=O)N2CCC(C)C2C(=O)O)c(Br)c1. The number of carboxylic acid groups (broad SMARTS) is 1. The molecule has 1 aromatic rings. The van der Waals surface area contributed by atoms with Gasteiger partial charge >= 0.3 is 5.97 Å². The number of hydrogen-bond acceptors (Lipinski definition) is 2. The van der Waals surface area contributed by atoms with E-state index < -0.39 is 12.0 Å². The fourth-order valence-corrected chi connectivity index (χ4v) is 3.22. The third-order valence-corrected chi connectivity index (χ3v) is 4.48. The summed E-state index contributed by atoms with van der Waals surface area (Å²) in [6.45, 7) is 4.36. The van der Waals surface area contributed by atoms with Crippen LogP contribution in [0.2, 0.25) is 0 Å². The maximum atomic E-state index is 12.2. The van der Waals surface area contributed by atoms with Crippen molar-refractivity contribution in [1.29, 1.82) is 0 Å². The van der Waals surface area contributed by atoms with Crippen LogP contribution in [-0.2, 0) is 9.59 Å². The maximum absolute atomic E-state index is 12.2. The highest BCUT2D eigenvalue weighted by Gasteiger charge is 2.38. The highest BCUT2D eigenvalue weighted by Crippen LogP contribution is 2.25. The Balaban J connectivity index is 2.14. The summed E-state index contributed by atoms with van der Waals surface area (Å²) in [4.78, 5) is 24.9. The predicted octanol–water partition coefficient (Wildman–Crippen LogP) is 3.09. The van der Waals surface area contributed by atoms with Crippen molar-refractivity contribution in [1.82, 2.24) is 4.90 Å². The van der Waals surface area contributed by atoms with E-state index >= 15 is 0 Å². The summed E-state index contributed by atoms with van der Waals surface area (Å²) >= 11 is 3.46. The van der Waals surface area contributed by atoms with Crippen LogP contribution in [0.15, 0.2) is 28.7 Å². The van der Waals surface area contributed by atoms with E-state index in [9.17, 15) is 14.7 Å². The van der Waals surface area contributed by atoms with Crippen LogP contribution in [-0.4, -0.2) is 34.5 Å². The van der Waals surface area contributed by atoms with E-state index in [0.717, 1.165) is 22.0 Å². The number of nitrogens with zero attached hydrogens (tertiary/aromatic N) is 1. The molecule has 21 heavy (non-hydrogen) atoms. The molecule has 1 aromatic carbocycles. The summed E-state index contributed by atoms with van der Waals surface area (Å²) in [7, 11) is 0. The number of rotatable bonds is 3. The van der Waals surface area contributed by atoms with Gasteiger partial charge in [0.15, 0.2) is 0 Å². The van der Waals surface area contributed by atoms with Crippen LogP contribution >= 0.6 is 15.9 Å². The molecule has 1 N–H and O–H groups in total. The average Bonchev–Trinajstić information content (AvgIpc) is 2.79. The molecule has 0 radical (unpaired) electrons. The van der Waals surface area contributed by atoms with E-state index in [1.807, 2.05) is 32.0 Å². The van der Waals surface area contributed by atoms with Crippen molar-refractivity contribution < 1.29 is 14.7 Å². The number of carboxylic acids is 1. The van der Waals surface area contributed by atoms with Gasteiger partial charge in [-0.1, -0.05) is 35.0 Å². The molecule has 2 unspecified atom stereocenters. The lowest BCUT2D eigenvalue weighted by Gasteiger charge is -2.21. The molecule has 1 aliphatic rings. The van der Waals surface area contributed by atoms with Gasteiger partial charge in [0.2, 0.25) is 5.91 Å². The predicted molar refractivity (Wildman–Crippen MR) is 84.8 cm³/mol. The van der Waals surface area contributed by atoms with Crippen LogP contribution < -0.4 is 0 Å². The molecule has 0 saturated carbocycles. The number of hydrogen-bond donors (Lipinski definition) is 1. The minimum Gasteiger partial charge on any atom is -0.480 e. The van der Waals surface area contributed by atoms with Gasteiger partial charge in [-0.25, -0.2) is 4.79 Å². The second-order valence-electron chi connectivity index (χ2n) is 5.44. The summed E-state index contributed by atoms with van der Waals surface area (Å²) < 4.78 is 0.913. The number of benzene rings is 1. The Hall–Kier alpha value is -1.62. The standard InChI is InChI=1S/C16H18BrNO3/c1-10-3-4-12(13(17)9-10)5-6-14(19)18-8-7-11(2)15(18)16(20)21/h3-6,9,11,15H,7-8H2,1-2H3,(H,20,21)/b6-5+. The van der Waals surface area contributed by atoms with Gasteiger partial charge in [0, 0.05) is 17.1 Å². The molecule has 1 saturated heterocycles. The molecule has 4 nitrogen and oxygen atoms in total. The van der Waals surface area contributed by atoms with Crippen LogP contribution in [0, 0.1) is 12.8 Å². The van der Waals surface area contributed by atoms with Crippen LogP contribution in [0.4, 0.5) is 0 Å². The Morgan fingerprint density at radius 2 is 2.14 bits per heavy atom. The summed E-state index contributed by atoms with van der Waals surface area (Å²) in [5.74, 6) is -1.19. The van der Waals surface area contributed by atoms with Gasteiger partial charge in [-0.3, -0.25) is 4.79 Å². The van der Waals surface area contributed by atoms with Crippen molar-refractivity contribution in [3.8, 4) is 0 Å². The Kier molecular flexibility index (Phi) is 4.83. The van der Waals surface area contributed by atoms with E-state index in [1.54, 1.807) is 6.08 Å². The molecule has 1 heterocycles. The fraction of sp³-hybridized carbons (Fsp3) is 0.375. The van der Waals surface area contributed by atoms with Gasteiger partial charge in [0.1, 0.15) is 6.04 Å². The normalized spacial score (nSPS) is 22.0. The van der Waals surface area contributed by atoms with Gasteiger partial charge in [-0.15, -0.1) is 0 Å². The third-order valence-electron chi connectivity index (χ3n) is 3.80. The molecule has 0 bridgehead atoms. The third kappa shape index (κ3) is 3.53. The number of carbonyl (C=O) groups excluding carboxylic acids is 1. The Morgan fingerprint density at radius 3 is 2.76 bits per heavy atom. The second kappa shape index (κ2) is 6.43. The van der Waals surface area contributed by atoms with Gasteiger partial charge in [-0.2, -0.15) is 0 Å². The Labute approximate surface area is 132 Å². The molecular weight excluding hydrogens is 334 g/mol. The van der Waals surface area contributed by atoms with Gasteiger partial charge < -0.3 is 10.0 Å². The quantitative estimate of drug-likeness (QED) is 0.851. The van der Waals surface area contributed by atoms with Crippen molar-refractivity contribution in [2.24, 2.45) is 5.92 Å². The molecular formula is C16H18BrNO3. The van der Waals surface area contributed by atoms with Crippen molar-refractivity contribution in [3.63, 3.8) is 0 Å². The molecule has 2 atom stereocenters. The van der Waals surface area contributed by atoms with E-state index in [-0.39, 0.29) is 11.8 Å². The van der Waals surface area contributed by atoms with Gasteiger partial charge in [-0.05, 0) is 42.5 Å². The minimum absolute atomic E-state index is 0.00837. The zero-order chi connectivity index (χ0) is 15.6. The fourth-order valence-electron chi connectivity index (χ4n) is 2.59. The van der Waals surface area contributed by atoms with Crippen LogP contribution in [0.5, 0.6) is 0 Å². The number of likely N-dealkylation sites (tertiary alicyclic amines) is 1. The molecule has 0 aliphatic carbocycles. The second-order valence-corrected chi connectivity index (χ2v) is 6.29. The maximum Gasteiger partial charge on any atom is 0.326 e. The summed E-state index contributed by atoms with van der Waals surface area (Å²) in [5.41, 5.74) is 2.03. The minimum atomic E-state index is -0.932. The lowest BCUT2D eigenvalue weighted by atomic mass is 10.0. The highest BCUT2D eigenvalue weighted by molar-refractivity contribution is 9.10. The number of aryl methyl sites for hydroxylation is 1. The molecule has 112 valence electrons. The van der Waals surface area contributed by atoms with Crippen LogP contribution in [0.1, 0.15) is 24.5 Å². The van der Waals surface area contributed by atoms with E-state index in [0.29, 0.717) is 6.54 Å². The van der Waals surface area contributed by atoms with E-state index in [2.05, 4.69) is 15.9 Å². The van der Waals surface area contributed by atoms with Crippen LogP contribution in [0.3, 0.4) is 0 Å². The summed E-state index contributed by atoms with van der Waals surface area (Å²) in [6, 6.07) is 5.14. The summed E-state index contributed by atoms with van der Waals surface area (Å²) in [6.07, 6.45) is 3.89. The monoisotopic (exact) mass is 351 g/mol. The Morgan fingerprint density at radius 1 is 1.43 bits per heavy atom. The first-order valence-electron chi connectivity index (χ1n) is 6.88. The van der Waals surface area contributed by atoms with Crippen LogP contribution in [0.25, 0.3) is 6.08 Å². The number of carbonyl (C=O) groups is 2. The van der Waals surface area contributed by atoms with Crippen molar-refractivity contribution in [2.45, 2.75) is 26.3 Å². The molecule has 0 spiro atoms. The zero-order valence-corrected chi connectivity index (χ0v) is 13.6. The van der Waals surface area contributed by atoms with Crippen molar-refractivity contribution in [3.05, 3.63) is 39.9 Å². The van der Waals surface area contributed by atoms with E-state index in [1.165, 1.54) is 11.0 Å². The average molecular weight is 352 g/mol. The largest absolute Gasteiger partial charge is 0.480 e. The molecule has 1 aliphatic heterocycles. The lowest BCUT2D eigenvalue weighted by Crippen LogP contribution is -2.42. The molecule has 1 amide bonds. The summed E-state index contributed by atoms with van der Waals surface area (Å²) in [5, 5.41) is 9.24. The van der Waals surface area contributed by atoms with E-state index in [4.69, 9.17) is 0 Å². The van der Waals surface area contributed by atoms with Crippen molar-refractivity contribution in [2.75, 3.05) is 6.54 Å². The molecule has 1 fully saturated rings. The van der Waals surface area contributed by atoms with Crippen molar-refractivity contribution >= 4 is 33.9 Å². The van der Waals surface area contributed by atoms with Gasteiger partial charge in [0.25, 0.3) is 0 Å². The first-order chi connectivity index (χ1) is 9.90. The number of amides is 1. The smallest absolute Gasteiger partial charge is 0.326 e. The zero-order valence-electron chi connectivity index (χ0n) is 12.0. The molecule has 5 heteroatoms. The first kappa shape index (κ1) is 15.8. The number of halogens is 1.